The Morgan fingerprint density at radius 1 is 1.22 bits per heavy atom. The van der Waals surface area contributed by atoms with E-state index in [0.29, 0.717) is 12.3 Å². The minimum atomic E-state index is 0.0100. The maximum atomic E-state index is 11.9. The molecule has 0 bridgehead atoms. The van der Waals surface area contributed by atoms with E-state index in [1.54, 1.807) is 23.1 Å². The summed E-state index contributed by atoms with van der Waals surface area (Å²) in [7, 11) is 0. The molecule has 120 valence electrons. The monoisotopic (exact) mass is 346 g/mol. The minimum Gasteiger partial charge on any atom is -0.351 e. The van der Waals surface area contributed by atoms with Crippen molar-refractivity contribution in [3.63, 3.8) is 0 Å². The van der Waals surface area contributed by atoms with Crippen molar-refractivity contribution < 1.29 is 9.59 Å². The van der Waals surface area contributed by atoms with Crippen molar-refractivity contribution in [3.05, 3.63) is 47.3 Å². The lowest BCUT2D eigenvalue weighted by Crippen LogP contribution is -2.24. The molecule has 1 heterocycles. The van der Waals surface area contributed by atoms with Crippen molar-refractivity contribution in [2.75, 3.05) is 11.1 Å². The molecule has 2 amide bonds. The van der Waals surface area contributed by atoms with Gasteiger partial charge < -0.3 is 10.6 Å². The highest BCUT2D eigenvalue weighted by Gasteiger charge is 2.29. The van der Waals surface area contributed by atoms with Gasteiger partial charge in [-0.15, -0.1) is 23.1 Å². The Morgan fingerprint density at radius 2 is 2.09 bits per heavy atom. The minimum absolute atomic E-state index is 0.0100. The van der Waals surface area contributed by atoms with Gasteiger partial charge in [-0.3, -0.25) is 9.59 Å². The first-order valence-electron chi connectivity index (χ1n) is 7.53. The third-order valence-corrected chi connectivity index (χ3v) is 5.60. The van der Waals surface area contributed by atoms with Crippen molar-refractivity contribution in [3.8, 4) is 0 Å². The zero-order valence-electron chi connectivity index (χ0n) is 12.6. The maximum absolute atomic E-state index is 11.9. The van der Waals surface area contributed by atoms with Crippen molar-refractivity contribution >= 4 is 40.6 Å². The predicted octanol–water partition coefficient (Wildman–Crippen LogP) is 3.51. The fraction of sp³-hybridized carbons (Fsp3) is 0.294. The average molecular weight is 346 g/mol. The van der Waals surface area contributed by atoms with Gasteiger partial charge in [0.05, 0.1) is 9.96 Å². The van der Waals surface area contributed by atoms with Crippen LogP contribution in [-0.4, -0.2) is 17.6 Å². The molecule has 0 radical (unpaired) electrons. The van der Waals surface area contributed by atoms with Gasteiger partial charge in [0.2, 0.25) is 11.8 Å². The molecule has 2 N–H and O–H groups in total. The molecular weight excluding hydrogens is 328 g/mol. The predicted molar refractivity (Wildman–Crippen MR) is 94.7 cm³/mol. The zero-order valence-corrected chi connectivity index (χ0v) is 14.2. The van der Waals surface area contributed by atoms with E-state index >= 15 is 0 Å². The number of amides is 2. The standard InChI is InChI=1S/C17H18N2O2S2/c20-15(11-23-16-5-2-8-22-16)18-10-12-3-1-4-14(9-12)19-17(21)13-6-7-13/h1-5,8-9,13H,6-7,10-11H2,(H,18,20)(H,19,21). The molecule has 1 saturated carbocycles. The summed E-state index contributed by atoms with van der Waals surface area (Å²) in [5.41, 5.74) is 1.77. The lowest BCUT2D eigenvalue weighted by atomic mass is 10.2. The van der Waals surface area contributed by atoms with Gasteiger partial charge in [0.25, 0.3) is 0 Å². The molecule has 1 aliphatic carbocycles. The Bertz CT molecular complexity index is 682. The van der Waals surface area contributed by atoms with Crippen LogP contribution in [-0.2, 0) is 16.1 Å². The van der Waals surface area contributed by atoms with Gasteiger partial charge in [0, 0.05) is 18.2 Å². The highest BCUT2D eigenvalue weighted by atomic mass is 32.2. The van der Waals surface area contributed by atoms with Crippen LogP contribution in [0.15, 0.2) is 46.0 Å². The first-order valence-corrected chi connectivity index (χ1v) is 9.40. The molecule has 6 heteroatoms. The topological polar surface area (TPSA) is 58.2 Å². The van der Waals surface area contributed by atoms with Crippen molar-refractivity contribution in [2.24, 2.45) is 5.92 Å². The van der Waals surface area contributed by atoms with Gasteiger partial charge in [-0.2, -0.15) is 0 Å². The summed E-state index contributed by atoms with van der Waals surface area (Å²) < 4.78 is 1.14. The van der Waals surface area contributed by atoms with Crippen LogP contribution in [0.25, 0.3) is 0 Å². The number of thioether (sulfide) groups is 1. The number of carbonyl (C=O) groups is 2. The summed E-state index contributed by atoms with van der Waals surface area (Å²) in [5, 5.41) is 7.83. The molecule has 0 atom stereocenters. The van der Waals surface area contributed by atoms with Crippen LogP contribution in [0.3, 0.4) is 0 Å². The Hall–Kier alpha value is -1.79. The van der Waals surface area contributed by atoms with Crippen molar-refractivity contribution in [2.45, 2.75) is 23.6 Å². The van der Waals surface area contributed by atoms with Gasteiger partial charge in [-0.05, 0) is 42.0 Å². The second-order valence-corrected chi connectivity index (χ2v) is 7.68. The number of hydrogen-bond acceptors (Lipinski definition) is 4. The van der Waals surface area contributed by atoms with Gasteiger partial charge in [0.1, 0.15) is 0 Å². The van der Waals surface area contributed by atoms with Gasteiger partial charge in [0.15, 0.2) is 0 Å². The van der Waals surface area contributed by atoms with E-state index in [9.17, 15) is 9.59 Å². The van der Waals surface area contributed by atoms with Crippen LogP contribution in [0.4, 0.5) is 5.69 Å². The van der Waals surface area contributed by atoms with Crippen LogP contribution in [0.2, 0.25) is 0 Å². The van der Waals surface area contributed by atoms with Crippen molar-refractivity contribution in [1.29, 1.82) is 0 Å². The first-order chi connectivity index (χ1) is 11.2. The van der Waals surface area contributed by atoms with E-state index in [0.717, 1.165) is 28.3 Å². The molecule has 1 aromatic carbocycles. The summed E-state index contributed by atoms with van der Waals surface area (Å²) in [6, 6.07) is 11.6. The van der Waals surface area contributed by atoms with Gasteiger partial charge in [-0.1, -0.05) is 18.2 Å². The number of anilines is 1. The van der Waals surface area contributed by atoms with Crippen LogP contribution < -0.4 is 10.6 Å². The highest BCUT2D eigenvalue weighted by Crippen LogP contribution is 2.30. The lowest BCUT2D eigenvalue weighted by molar-refractivity contribution is -0.119. The summed E-state index contributed by atoms with van der Waals surface area (Å²) in [6.45, 7) is 0.469. The Kier molecular flexibility index (Phi) is 5.35. The number of thiophene rings is 1. The summed E-state index contributed by atoms with van der Waals surface area (Å²) in [6.07, 6.45) is 1.98. The van der Waals surface area contributed by atoms with Crippen LogP contribution >= 0.6 is 23.1 Å². The second kappa shape index (κ2) is 7.66. The van der Waals surface area contributed by atoms with Crippen LogP contribution in [0, 0.1) is 5.92 Å². The van der Waals surface area contributed by atoms with Crippen LogP contribution in [0.5, 0.6) is 0 Å². The average Bonchev–Trinajstić information content (AvgIpc) is 3.28. The third kappa shape index (κ3) is 5.11. The highest BCUT2D eigenvalue weighted by molar-refractivity contribution is 8.01. The van der Waals surface area contributed by atoms with E-state index in [-0.39, 0.29) is 17.7 Å². The van der Waals surface area contributed by atoms with Gasteiger partial charge >= 0.3 is 0 Å². The Labute approximate surface area is 143 Å². The number of nitrogens with one attached hydrogen (secondary N) is 2. The number of hydrogen-bond donors (Lipinski definition) is 2. The molecule has 23 heavy (non-hydrogen) atoms. The molecule has 1 aromatic heterocycles. The van der Waals surface area contributed by atoms with Crippen molar-refractivity contribution in [1.82, 2.24) is 5.32 Å². The molecular formula is C17H18N2O2S2. The molecule has 0 spiro atoms. The van der Waals surface area contributed by atoms with E-state index in [2.05, 4.69) is 10.6 Å². The normalized spacial score (nSPS) is 13.6. The van der Waals surface area contributed by atoms with E-state index in [1.165, 1.54) is 0 Å². The molecule has 3 rings (SSSR count). The molecule has 0 unspecified atom stereocenters. The molecule has 1 fully saturated rings. The smallest absolute Gasteiger partial charge is 0.230 e. The maximum Gasteiger partial charge on any atom is 0.230 e. The van der Waals surface area contributed by atoms with E-state index < -0.39 is 0 Å². The zero-order chi connectivity index (χ0) is 16.1. The van der Waals surface area contributed by atoms with E-state index in [4.69, 9.17) is 0 Å². The largest absolute Gasteiger partial charge is 0.351 e. The fourth-order valence-corrected chi connectivity index (χ4v) is 3.70. The molecule has 0 saturated heterocycles. The molecule has 2 aromatic rings. The summed E-state index contributed by atoms with van der Waals surface area (Å²) in [4.78, 5) is 23.6. The van der Waals surface area contributed by atoms with Gasteiger partial charge in [-0.25, -0.2) is 0 Å². The number of carbonyl (C=O) groups excluding carboxylic acids is 2. The first kappa shape index (κ1) is 16.1. The van der Waals surface area contributed by atoms with E-state index in [1.807, 2.05) is 41.8 Å². The summed E-state index contributed by atoms with van der Waals surface area (Å²) in [5.74, 6) is 0.709. The molecule has 1 aliphatic rings. The third-order valence-electron chi connectivity index (χ3n) is 3.47. The summed E-state index contributed by atoms with van der Waals surface area (Å²) >= 11 is 3.18. The number of rotatable bonds is 7. The number of benzene rings is 1. The SMILES string of the molecule is O=C(CSc1cccs1)NCc1cccc(NC(=O)C2CC2)c1. The lowest BCUT2D eigenvalue weighted by Gasteiger charge is -2.08. The Morgan fingerprint density at radius 3 is 2.83 bits per heavy atom. The molecule has 4 nitrogen and oxygen atoms in total. The van der Waals surface area contributed by atoms with Crippen LogP contribution in [0.1, 0.15) is 18.4 Å². The molecule has 0 aliphatic heterocycles. The fourth-order valence-electron chi connectivity index (χ4n) is 2.08. The Balaban J connectivity index is 1.45. The quantitative estimate of drug-likeness (QED) is 0.754. The second-order valence-electron chi connectivity index (χ2n) is 5.46.